The molecule has 1 amide bonds. The molecule has 1 aliphatic rings. The van der Waals surface area contributed by atoms with Crippen LogP contribution in [0.5, 0.6) is 11.5 Å². The zero-order valence-corrected chi connectivity index (χ0v) is 18.1. The van der Waals surface area contributed by atoms with E-state index in [0.29, 0.717) is 43.3 Å². The molecule has 0 aliphatic carbocycles. The molecule has 1 aromatic heterocycles. The summed E-state index contributed by atoms with van der Waals surface area (Å²) in [7, 11) is 1.56. The summed E-state index contributed by atoms with van der Waals surface area (Å²) < 4.78 is 24.5. The van der Waals surface area contributed by atoms with Gasteiger partial charge in [0.15, 0.2) is 11.5 Å². The lowest BCUT2D eigenvalue weighted by atomic mass is 10.1. The summed E-state index contributed by atoms with van der Waals surface area (Å²) in [6, 6.07) is 11.7. The fourth-order valence-electron chi connectivity index (χ4n) is 3.59. The van der Waals surface area contributed by atoms with Gasteiger partial charge in [-0.3, -0.25) is 4.79 Å². The number of amides is 1. The second-order valence-corrected chi connectivity index (χ2v) is 7.96. The lowest BCUT2D eigenvalue weighted by Gasteiger charge is -2.24. The smallest absolute Gasteiger partial charge is 0.254 e. The third-order valence-corrected chi connectivity index (χ3v) is 5.88. The first-order valence-corrected chi connectivity index (χ1v) is 11.1. The minimum Gasteiger partial charge on any atom is -0.493 e. The van der Waals surface area contributed by atoms with Crippen LogP contribution in [0.3, 0.4) is 0 Å². The maximum absolute atomic E-state index is 13.2. The predicted molar refractivity (Wildman–Crippen MR) is 119 cm³/mol. The minimum absolute atomic E-state index is 0.0368. The molecular formula is C23H24FN3O3S. The summed E-state index contributed by atoms with van der Waals surface area (Å²) in [5.41, 5.74) is 4.14. The van der Waals surface area contributed by atoms with Gasteiger partial charge < -0.3 is 19.3 Å². The molecule has 0 saturated carbocycles. The number of hydrogen-bond acceptors (Lipinski definition) is 6. The van der Waals surface area contributed by atoms with Gasteiger partial charge in [0, 0.05) is 42.8 Å². The van der Waals surface area contributed by atoms with Crippen LogP contribution < -0.4 is 14.4 Å². The second kappa shape index (κ2) is 9.78. The third kappa shape index (κ3) is 5.14. The number of benzene rings is 2. The summed E-state index contributed by atoms with van der Waals surface area (Å²) in [5.74, 6) is 0.808. The highest BCUT2D eigenvalue weighted by atomic mass is 32.1. The predicted octanol–water partition coefficient (Wildman–Crippen LogP) is 4.22. The Kier molecular flexibility index (Phi) is 6.66. The summed E-state index contributed by atoms with van der Waals surface area (Å²) in [6.45, 7) is 3.13. The van der Waals surface area contributed by atoms with Gasteiger partial charge in [-0.05, 0) is 48.9 Å². The Balaban J connectivity index is 1.41. The van der Waals surface area contributed by atoms with Gasteiger partial charge in [0.25, 0.3) is 5.91 Å². The Morgan fingerprint density at radius 1 is 1.10 bits per heavy atom. The van der Waals surface area contributed by atoms with Crippen molar-refractivity contribution in [2.45, 2.75) is 13.0 Å². The molecule has 3 aromatic rings. The number of aromatic nitrogens is 1. The molecule has 1 fully saturated rings. The number of carbonyl (C=O) groups excluding carboxylic acids is 1. The van der Waals surface area contributed by atoms with Gasteiger partial charge in [0.2, 0.25) is 0 Å². The average Bonchev–Trinajstić information content (AvgIpc) is 3.20. The molecule has 0 bridgehead atoms. The van der Waals surface area contributed by atoms with Crippen molar-refractivity contribution in [3.8, 4) is 11.5 Å². The van der Waals surface area contributed by atoms with Crippen LogP contribution in [0.25, 0.3) is 0 Å². The highest BCUT2D eigenvalue weighted by Gasteiger charge is 2.22. The number of halogens is 1. The van der Waals surface area contributed by atoms with Crippen LogP contribution in [0.4, 0.5) is 10.1 Å². The number of ether oxygens (including phenoxy) is 2. The van der Waals surface area contributed by atoms with Gasteiger partial charge in [0.1, 0.15) is 12.4 Å². The first-order chi connectivity index (χ1) is 15.1. The Morgan fingerprint density at radius 2 is 1.94 bits per heavy atom. The van der Waals surface area contributed by atoms with Crippen molar-refractivity contribution in [2.75, 3.05) is 38.2 Å². The molecule has 1 aliphatic heterocycles. The molecule has 2 heterocycles. The molecule has 0 spiro atoms. The van der Waals surface area contributed by atoms with Crippen LogP contribution in [0.1, 0.15) is 22.5 Å². The van der Waals surface area contributed by atoms with Crippen LogP contribution in [0, 0.1) is 5.82 Å². The number of thiazole rings is 1. The van der Waals surface area contributed by atoms with E-state index < -0.39 is 0 Å². The Hall–Kier alpha value is -3.13. The molecule has 0 N–H and O–H groups in total. The molecule has 162 valence electrons. The molecule has 4 rings (SSSR count). The van der Waals surface area contributed by atoms with E-state index in [1.54, 1.807) is 43.0 Å². The van der Waals surface area contributed by atoms with Gasteiger partial charge in [0.05, 0.1) is 18.3 Å². The number of rotatable bonds is 6. The molecule has 1 saturated heterocycles. The normalized spacial score (nSPS) is 14.3. The summed E-state index contributed by atoms with van der Waals surface area (Å²) in [6.07, 6.45) is 0.842. The van der Waals surface area contributed by atoms with Crippen LogP contribution in [-0.2, 0) is 6.61 Å². The van der Waals surface area contributed by atoms with Crippen molar-refractivity contribution >= 4 is 22.9 Å². The number of hydrogen-bond donors (Lipinski definition) is 0. The van der Waals surface area contributed by atoms with Crippen molar-refractivity contribution in [3.05, 3.63) is 70.4 Å². The minimum atomic E-state index is -0.247. The highest BCUT2D eigenvalue weighted by Crippen LogP contribution is 2.29. The topological polar surface area (TPSA) is 54.9 Å². The van der Waals surface area contributed by atoms with E-state index in [1.165, 1.54) is 23.5 Å². The molecule has 0 atom stereocenters. The molecule has 0 radical (unpaired) electrons. The van der Waals surface area contributed by atoms with E-state index in [9.17, 15) is 9.18 Å². The molecule has 8 heteroatoms. The number of anilines is 1. The highest BCUT2D eigenvalue weighted by molar-refractivity contribution is 7.07. The maximum Gasteiger partial charge on any atom is 0.254 e. The van der Waals surface area contributed by atoms with Gasteiger partial charge in [-0.2, -0.15) is 0 Å². The average molecular weight is 442 g/mol. The Labute approximate surface area is 184 Å². The van der Waals surface area contributed by atoms with E-state index in [0.717, 1.165) is 24.3 Å². The molecule has 0 unspecified atom stereocenters. The Bertz CT molecular complexity index is 1010. The van der Waals surface area contributed by atoms with Crippen molar-refractivity contribution in [2.24, 2.45) is 0 Å². The van der Waals surface area contributed by atoms with Crippen LogP contribution in [-0.4, -0.2) is 49.1 Å². The molecular weight excluding hydrogens is 417 g/mol. The maximum atomic E-state index is 13.2. The fourth-order valence-corrected chi connectivity index (χ4v) is 4.14. The van der Waals surface area contributed by atoms with Crippen molar-refractivity contribution in [1.29, 1.82) is 0 Å². The van der Waals surface area contributed by atoms with E-state index >= 15 is 0 Å². The van der Waals surface area contributed by atoms with Gasteiger partial charge in [-0.15, -0.1) is 11.3 Å². The number of carbonyl (C=O) groups is 1. The first-order valence-electron chi connectivity index (χ1n) is 10.1. The standard InChI is InChI=1S/C23H24FN3O3S/c1-29-22-13-17(3-8-21(22)30-14-19-15-31-16-25-19)23(28)27-10-2-9-26(11-12-27)20-6-4-18(24)5-7-20/h3-8,13,15-16H,2,9-12,14H2,1H3. The fraction of sp³-hybridized carbons (Fsp3) is 0.304. The monoisotopic (exact) mass is 441 g/mol. The summed E-state index contributed by atoms with van der Waals surface area (Å²) >= 11 is 1.52. The first kappa shape index (κ1) is 21.1. The van der Waals surface area contributed by atoms with Gasteiger partial charge in [-0.25, -0.2) is 9.37 Å². The second-order valence-electron chi connectivity index (χ2n) is 7.24. The lowest BCUT2D eigenvalue weighted by Crippen LogP contribution is -2.35. The number of nitrogens with zero attached hydrogens (tertiary/aromatic N) is 3. The van der Waals surface area contributed by atoms with E-state index in [2.05, 4.69) is 9.88 Å². The zero-order chi connectivity index (χ0) is 21.6. The third-order valence-electron chi connectivity index (χ3n) is 5.24. The number of methoxy groups -OCH3 is 1. The largest absolute Gasteiger partial charge is 0.493 e. The van der Waals surface area contributed by atoms with Crippen LogP contribution >= 0.6 is 11.3 Å². The van der Waals surface area contributed by atoms with Gasteiger partial charge in [-0.1, -0.05) is 0 Å². The van der Waals surface area contributed by atoms with E-state index in [4.69, 9.17) is 9.47 Å². The van der Waals surface area contributed by atoms with Gasteiger partial charge >= 0.3 is 0 Å². The van der Waals surface area contributed by atoms with E-state index in [1.807, 2.05) is 10.3 Å². The Morgan fingerprint density at radius 3 is 2.68 bits per heavy atom. The van der Waals surface area contributed by atoms with Crippen molar-refractivity contribution < 1.29 is 18.7 Å². The zero-order valence-electron chi connectivity index (χ0n) is 17.3. The molecule has 31 heavy (non-hydrogen) atoms. The summed E-state index contributed by atoms with van der Waals surface area (Å²) in [4.78, 5) is 21.4. The van der Waals surface area contributed by atoms with Crippen molar-refractivity contribution in [3.63, 3.8) is 0 Å². The van der Waals surface area contributed by atoms with Crippen molar-refractivity contribution in [1.82, 2.24) is 9.88 Å². The molecule has 6 nitrogen and oxygen atoms in total. The quantitative estimate of drug-likeness (QED) is 0.573. The van der Waals surface area contributed by atoms with Crippen LogP contribution in [0.15, 0.2) is 53.4 Å². The SMILES string of the molecule is COc1cc(C(=O)N2CCCN(c3ccc(F)cc3)CC2)ccc1OCc1cscn1. The lowest BCUT2D eigenvalue weighted by molar-refractivity contribution is 0.0766. The van der Waals surface area contributed by atoms with Crippen LogP contribution in [0.2, 0.25) is 0 Å². The van der Waals surface area contributed by atoms with E-state index in [-0.39, 0.29) is 11.7 Å². The summed E-state index contributed by atoms with van der Waals surface area (Å²) in [5, 5.41) is 1.93. The molecule has 2 aromatic carbocycles.